The molecule has 1 aromatic heterocycles. The van der Waals surface area contributed by atoms with Crippen molar-refractivity contribution in [3.63, 3.8) is 0 Å². The number of benzene rings is 1. The van der Waals surface area contributed by atoms with Crippen LogP contribution in [-0.4, -0.2) is 35.1 Å². The van der Waals surface area contributed by atoms with E-state index in [9.17, 15) is 5.26 Å². The first kappa shape index (κ1) is 16.6. The minimum Gasteiger partial charge on any atom is -0.377 e. The molecule has 5 nitrogen and oxygen atoms in total. The van der Waals surface area contributed by atoms with Crippen LogP contribution in [-0.2, 0) is 17.9 Å². The minimum absolute atomic E-state index is 0.409. The Hall–Kier alpha value is -2.29. The number of ether oxygens (including phenoxy) is 1. The molecule has 124 valence electrons. The average Bonchev–Trinajstić information content (AvgIpc) is 2.63. The van der Waals surface area contributed by atoms with Crippen molar-refractivity contribution in [1.29, 1.82) is 5.26 Å². The zero-order valence-electron chi connectivity index (χ0n) is 14.0. The summed E-state index contributed by atoms with van der Waals surface area (Å²) >= 11 is 0. The van der Waals surface area contributed by atoms with Gasteiger partial charge in [-0.2, -0.15) is 5.26 Å². The van der Waals surface area contributed by atoms with Gasteiger partial charge in [-0.3, -0.25) is 4.90 Å². The summed E-state index contributed by atoms with van der Waals surface area (Å²) in [6.45, 7) is 3.28. The van der Waals surface area contributed by atoms with Gasteiger partial charge in [-0.05, 0) is 37.1 Å². The summed E-state index contributed by atoms with van der Waals surface area (Å²) in [7, 11) is 1.66. The molecular weight excluding hydrogens is 300 g/mol. The Labute approximate surface area is 142 Å². The van der Waals surface area contributed by atoms with E-state index in [2.05, 4.69) is 20.9 Å². The molecule has 1 aliphatic rings. The smallest absolute Gasteiger partial charge is 0.154 e. The predicted octanol–water partition coefficient (Wildman–Crippen LogP) is 2.87. The van der Waals surface area contributed by atoms with E-state index in [1.807, 2.05) is 36.5 Å². The van der Waals surface area contributed by atoms with Crippen molar-refractivity contribution >= 4 is 0 Å². The van der Waals surface area contributed by atoms with Crippen molar-refractivity contribution in [2.45, 2.75) is 31.9 Å². The topological polar surface area (TPSA) is 62.0 Å². The van der Waals surface area contributed by atoms with E-state index in [0.29, 0.717) is 12.5 Å². The third kappa shape index (κ3) is 3.97. The van der Waals surface area contributed by atoms with Gasteiger partial charge in [0, 0.05) is 38.0 Å². The van der Waals surface area contributed by atoms with E-state index in [1.165, 1.54) is 0 Å². The van der Waals surface area contributed by atoms with Crippen LogP contribution in [0.1, 0.15) is 41.4 Å². The molecule has 0 spiro atoms. The molecule has 5 heteroatoms. The summed E-state index contributed by atoms with van der Waals surface area (Å²) in [5, 5.41) is 9.26. The Balaban J connectivity index is 1.70. The number of rotatable bonds is 5. The lowest BCUT2D eigenvalue weighted by molar-refractivity contribution is 0.176. The Morgan fingerprint density at radius 3 is 3.04 bits per heavy atom. The number of piperidine rings is 1. The summed E-state index contributed by atoms with van der Waals surface area (Å²) in [4.78, 5) is 11.3. The number of hydrogen-bond donors (Lipinski definition) is 0. The molecule has 1 aromatic carbocycles. The molecule has 0 aliphatic carbocycles. The van der Waals surface area contributed by atoms with Crippen LogP contribution in [0.5, 0.6) is 0 Å². The SMILES string of the molecule is COCc1nccc([C@H]2CCCN(Cc3ccccc3C#N)C2)n1. The lowest BCUT2D eigenvalue weighted by Crippen LogP contribution is -2.34. The van der Waals surface area contributed by atoms with Gasteiger partial charge in [0.05, 0.1) is 11.6 Å². The van der Waals surface area contributed by atoms with Gasteiger partial charge in [0.25, 0.3) is 0 Å². The highest BCUT2D eigenvalue weighted by molar-refractivity contribution is 5.37. The lowest BCUT2D eigenvalue weighted by atomic mass is 9.94. The van der Waals surface area contributed by atoms with Gasteiger partial charge in [-0.1, -0.05) is 18.2 Å². The number of hydrogen-bond acceptors (Lipinski definition) is 5. The highest BCUT2D eigenvalue weighted by Crippen LogP contribution is 2.27. The summed E-state index contributed by atoms with van der Waals surface area (Å²) < 4.78 is 5.13. The summed E-state index contributed by atoms with van der Waals surface area (Å²) in [5.41, 5.74) is 2.96. The number of aromatic nitrogens is 2. The van der Waals surface area contributed by atoms with Crippen molar-refractivity contribution < 1.29 is 4.74 Å². The normalized spacial score (nSPS) is 18.2. The first-order valence-corrected chi connectivity index (χ1v) is 8.31. The van der Waals surface area contributed by atoms with Crippen LogP contribution >= 0.6 is 0 Å². The zero-order chi connectivity index (χ0) is 16.8. The Morgan fingerprint density at radius 2 is 2.21 bits per heavy atom. The summed E-state index contributed by atoms with van der Waals surface area (Å²) in [6.07, 6.45) is 4.10. The molecule has 1 saturated heterocycles. The second kappa shape index (κ2) is 8.00. The maximum absolute atomic E-state index is 9.26. The average molecular weight is 322 g/mol. The quantitative estimate of drug-likeness (QED) is 0.847. The fourth-order valence-electron chi connectivity index (χ4n) is 3.29. The lowest BCUT2D eigenvalue weighted by Gasteiger charge is -2.32. The monoisotopic (exact) mass is 322 g/mol. The van der Waals surface area contributed by atoms with Crippen LogP contribution in [0.4, 0.5) is 0 Å². The van der Waals surface area contributed by atoms with Gasteiger partial charge >= 0.3 is 0 Å². The van der Waals surface area contributed by atoms with Crippen LogP contribution in [0.3, 0.4) is 0 Å². The largest absolute Gasteiger partial charge is 0.377 e. The van der Waals surface area contributed by atoms with Crippen LogP contribution in [0.25, 0.3) is 0 Å². The number of methoxy groups -OCH3 is 1. The number of nitriles is 1. The molecular formula is C19H22N4O. The Bertz CT molecular complexity index is 725. The molecule has 2 aromatic rings. The molecule has 0 amide bonds. The minimum atomic E-state index is 0.409. The maximum Gasteiger partial charge on any atom is 0.154 e. The van der Waals surface area contributed by atoms with Crippen molar-refractivity contribution in [2.24, 2.45) is 0 Å². The Morgan fingerprint density at radius 1 is 1.33 bits per heavy atom. The standard InChI is InChI=1S/C19H22N4O/c1-24-14-19-21-9-8-18(22-19)17-7-4-10-23(13-17)12-16-6-3-2-5-15(16)11-20/h2-3,5-6,8-9,17H,4,7,10,12-14H2,1H3/t17-/m0/s1. The zero-order valence-corrected chi connectivity index (χ0v) is 14.0. The highest BCUT2D eigenvalue weighted by Gasteiger charge is 2.23. The van der Waals surface area contributed by atoms with Crippen molar-refractivity contribution in [3.8, 4) is 6.07 Å². The van der Waals surface area contributed by atoms with Crippen LogP contribution in [0, 0.1) is 11.3 Å². The molecule has 0 saturated carbocycles. The Kier molecular flexibility index (Phi) is 5.52. The summed E-state index contributed by atoms with van der Waals surface area (Å²) in [6, 6.07) is 12.1. The molecule has 0 unspecified atom stereocenters. The van der Waals surface area contributed by atoms with Gasteiger partial charge in [-0.15, -0.1) is 0 Å². The third-order valence-corrected chi connectivity index (χ3v) is 4.46. The molecule has 0 radical (unpaired) electrons. The molecule has 1 fully saturated rings. The van der Waals surface area contributed by atoms with Crippen molar-refractivity contribution in [3.05, 3.63) is 59.2 Å². The number of likely N-dealkylation sites (tertiary alicyclic amines) is 1. The molecule has 24 heavy (non-hydrogen) atoms. The fourth-order valence-corrected chi connectivity index (χ4v) is 3.29. The molecule has 0 bridgehead atoms. The van der Waals surface area contributed by atoms with Crippen LogP contribution in [0.15, 0.2) is 36.5 Å². The second-order valence-corrected chi connectivity index (χ2v) is 6.17. The third-order valence-electron chi connectivity index (χ3n) is 4.46. The second-order valence-electron chi connectivity index (χ2n) is 6.17. The number of nitrogens with zero attached hydrogens (tertiary/aromatic N) is 4. The first-order valence-electron chi connectivity index (χ1n) is 8.31. The maximum atomic E-state index is 9.26. The molecule has 0 N–H and O–H groups in total. The van der Waals surface area contributed by atoms with Gasteiger partial charge < -0.3 is 4.74 Å². The van der Waals surface area contributed by atoms with Crippen LogP contribution < -0.4 is 0 Å². The first-order chi connectivity index (χ1) is 11.8. The van der Waals surface area contributed by atoms with E-state index in [4.69, 9.17) is 4.74 Å². The van der Waals surface area contributed by atoms with E-state index in [-0.39, 0.29) is 0 Å². The predicted molar refractivity (Wildman–Crippen MR) is 91.2 cm³/mol. The molecule has 3 rings (SSSR count). The van der Waals surface area contributed by atoms with E-state index >= 15 is 0 Å². The van der Waals surface area contributed by atoms with Crippen molar-refractivity contribution in [1.82, 2.24) is 14.9 Å². The van der Waals surface area contributed by atoms with Crippen LogP contribution in [0.2, 0.25) is 0 Å². The van der Waals surface area contributed by atoms with Gasteiger partial charge in [0.2, 0.25) is 0 Å². The van der Waals surface area contributed by atoms with Crippen molar-refractivity contribution in [2.75, 3.05) is 20.2 Å². The summed E-state index contributed by atoms with van der Waals surface area (Å²) in [5.74, 6) is 1.15. The molecule has 1 atom stereocenters. The molecule has 2 heterocycles. The fraction of sp³-hybridized carbons (Fsp3) is 0.421. The van der Waals surface area contributed by atoms with E-state index in [0.717, 1.165) is 55.1 Å². The van der Waals surface area contributed by atoms with E-state index in [1.54, 1.807) is 7.11 Å². The van der Waals surface area contributed by atoms with E-state index < -0.39 is 0 Å². The molecule has 1 aliphatic heterocycles. The van der Waals surface area contributed by atoms with Gasteiger partial charge in [0.15, 0.2) is 5.82 Å². The van der Waals surface area contributed by atoms with Gasteiger partial charge in [0.1, 0.15) is 6.61 Å². The van der Waals surface area contributed by atoms with Gasteiger partial charge in [-0.25, -0.2) is 9.97 Å². The highest BCUT2D eigenvalue weighted by atomic mass is 16.5.